The van der Waals surface area contributed by atoms with Gasteiger partial charge in [-0.2, -0.15) is 0 Å². The Morgan fingerprint density at radius 3 is 1.53 bits per heavy atom. The fourth-order valence-corrected chi connectivity index (χ4v) is 14.6. The zero-order valence-electron chi connectivity index (χ0n) is 58.5. The van der Waals surface area contributed by atoms with Crippen LogP contribution < -0.4 is 5.32 Å². The molecule has 0 aromatic heterocycles. The number of carboxylic acids is 1. The van der Waals surface area contributed by atoms with Gasteiger partial charge in [-0.3, -0.25) is 9.59 Å². The highest BCUT2D eigenvalue weighted by molar-refractivity contribution is 5.85. The van der Waals surface area contributed by atoms with E-state index >= 15 is 0 Å². The molecule has 1 aliphatic carbocycles. The number of carbonyl (C=O) groups is 3. The maximum atomic E-state index is 14.3. The minimum absolute atomic E-state index is 0.0155. The summed E-state index contributed by atoms with van der Waals surface area (Å²) in [7, 11) is 0. The maximum Gasteiger partial charge on any atom is 0.335 e. The molecular weight excluding hydrogens is 1330 g/mol. The number of carboxylic acid groups (broad SMARTS) is 1. The Bertz CT molecular complexity index is 2380. The van der Waals surface area contributed by atoms with Gasteiger partial charge in [-0.05, 0) is 78.1 Å². The van der Waals surface area contributed by atoms with Crippen molar-refractivity contribution in [2.24, 2.45) is 11.3 Å². The third-order valence-corrected chi connectivity index (χ3v) is 21.2. The number of carbonyl (C=O) groups excluding carboxylic acids is 2. The van der Waals surface area contributed by atoms with Crippen LogP contribution in [0.15, 0.2) is 0 Å². The molecule has 1 saturated carbocycles. The van der Waals surface area contributed by atoms with Crippen molar-refractivity contribution in [1.29, 1.82) is 0 Å². The predicted molar refractivity (Wildman–Crippen MR) is 345 cm³/mol. The SMILES string of the molecule is CCCCCCC(C)(C(=O)CCCCC(=O)NCCCCCO[C@@H]1OC(C)[C@H](O)C(O[C@@H]2OC(C)[C@H](O)C(O[C@@H]3OC(CO)[C@@H](O[C@H]4OC(C)[C@H](O)C(O)C4O)C(O)C3O)[C@@H]2O[C@H]2OC(CO[C@@H]3OC(C(=O)O)[C@@H](O)C(O)C3O)[C@@H](O)C(O)C2O)C1O)C1CCCCCCCCCCCC1. The van der Waals surface area contributed by atoms with Crippen molar-refractivity contribution in [1.82, 2.24) is 5.32 Å². The Balaban J connectivity index is 0.975. The second-order valence-electron chi connectivity index (χ2n) is 28.7. The first-order valence-electron chi connectivity index (χ1n) is 36.6. The Kier molecular flexibility index (Phi) is 34.8. The highest BCUT2D eigenvalue weighted by Crippen LogP contribution is 2.43. The number of ketones is 1. The van der Waals surface area contributed by atoms with E-state index in [0.29, 0.717) is 63.2 Å². The third kappa shape index (κ3) is 22.3. The maximum absolute atomic E-state index is 14.3. The molecule has 0 spiro atoms. The van der Waals surface area contributed by atoms with Crippen LogP contribution in [-0.2, 0) is 71.2 Å². The number of hydrogen-bond acceptors (Lipinski definition) is 30. The molecule has 32 nitrogen and oxygen atoms in total. The summed E-state index contributed by atoms with van der Waals surface area (Å²) >= 11 is 0. The normalized spacial score (nSPS) is 42.2. The van der Waals surface area contributed by atoms with Crippen molar-refractivity contribution in [2.75, 3.05) is 26.4 Å². The van der Waals surface area contributed by atoms with Gasteiger partial charge in [0.25, 0.3) is 0 Å². The Hall–Kier alpha value is -2.47. The van der Waals surface area contributed by atoms with Crippen LogP contribution in [0.2, 0.25) is 0 Å². The lowest BCUT2D eigenvalue weighted by molar-refractivity contribution is -0.408. The van der Waals surface area contributed by atoms with Crippen LogP contribution in [0.25, 0.3) is 0 Å². The smallest absolute Gasteiger partial charge is 0.335 e. The summed E-state index contributed by atoms with van der Waals surface area (Å²) in [5, 5.41) is 178. The molecule has 582 valence electrons. The van der Waals surface area contributed by atoms with E-state index in [1.807, 2.05) is 0 Å². The number of Topliss-reactive ketones (excluding diaryl/α,β-unsaturated/α-hetero) is 1. The van der Waals surface area contributed by atoms with Crippen LogP contribution in [0.1, 0.15) is 189 Å². The number of amides is 1. The van der Waals surface area contributed by atoms with Crippen LogP contribution in [0, 0.1) is 11.3 Å². The molecule has 1 amide bonds. The Morgan fingerprint density at radius 1 is 0.430 bits per heavy atom. The average molecular weight is 1450 g/mol. The summed E-state index contributed by atoms with van der Waals surface area (Å²) in [5.74, 6) is -1.15. The lowest BCUT2D eigenvalue weighted by Crippen LogP contribution is -2.68. The van der Waals surface area contributed by atoms with E-state index in [1.165, 1.54) is 72.1 Å². The standard InChI is InChI=1S/C68H119NO31/c1-6-7-8-22-29-68(5,37-25-18-15-13-11-9-10-12-14-16-19-26-37)40(71)27-20-21-28-41(72)69-30-23-17-24-31-89-63-55(86)57(43(74)35(3)91-63)97-67-60(100-65-53(84)47(78)45(76)39(95-65)33-90-62-51(82)48(79)49(80)59(99-62)61(87)88)58(44(75)36(4)93-67)98-66-54(85)50(81)56(38(32-70)94-66)96-64-52(83)46(77)42(73)34(2)92-64/h34-39,42-60,62-67,70,73-86H,6-33H2,1-5H3,(H,69,72)(H,87,88)/t34?,35?,36?,38?,39?,42-,43-,44-,45+,46?,47?,48?,49-,50?,51?,52?,53?,54?,55?,56+,57?,58?,59?,60-,62+,63+,64+,65+,66-,67-,68?/m0/s1. The van der Waals surface area contributed by atoms with Gasteiger partial charge in [0, 0.05) is 31.4 Å². The number of aliphatic hydroxyl groups excluding tert-OH is 15. The van der Waals surface area contributed by atoms with E-state index in [1.54, 1.807) is 0 Å². The molecule has 0 bridgehead atoms. The monoisotopic (exact) mass is 1450 g/mol. The highest BCUT2D eigenvalue weighted by atomic mass is 16.8. The molecule has 18 unspecified atom stereocenters. The number of hydrogen-bond donors (Lipinski definition) is 17. The van der Waals surface area contributed by atoms with Gasteiger partial charge in [0.1, 0.15) is 128 Å². The molecule has 0 aromatic carbocycles. The first-order valence-corrected chi connectivity index (χ1v) is 36.6. The zero-order chi connectivity index (χ0) is 73.1. The highest BCUT2D eigenvalue weighted by Gasteiger charge is 2.58. The van der Waals surface area contributed by atoms with Crippen molar-refractivity contribution in [2.45, 2.75) is 373 Å². The molecule has 6 aliphatic heterocycles. The van der Waals surface area contributed by atoms with E-state index < -0.39 is 203 Å². The predicted octanol–water partition coefficient (Wildman–Crippen LogP) is -1.20. The van der Waals surface area contributed by atoms with Gasteiger partial charge in [0.2, 0.25) is 5.91 Å². The lowest BCUT2D eigenvalue weighted by Gasteiger charge is -2.51. The number of aliphatic carboxylic acids is 1. The van der Waals surface area contributed by atoms with E-state index in [4.69, 9.17) is 56.8 Å². The number of rotatable bonds is 32. The topological polar surface area (TPSA) is 498 Å². The van der Waals surface area contributed by atoms with Gasteiger partial charge in [-0.15, -0.1) is 0 Å². The Morgan fingerprint density at radius 2 is 0.910 bits per heavy atom. The summed E-state index contributed by atoms with van der Waals surface area (Å²) in [6.07, 6.45) is -32.1. The summed E-state index contributed by atoms with van der Waals surface area (Å²) < 4.78 is 70.4. The number of nitrogens with one attached hydrogen (secondary N) is 1. The molecule has 31 atom stereocenters. The molecule has 6 heterocycles. The molecule has 100 heavy (non-hydrogen) atoms. The summed E-state index contributed by atoms with van der Waals surface area (Å²) in [6, 6.07) is 0. The molecule has 0 aromatic rings. The summed E-state index contributed by atoms with van der Waals surface area (Å²) in [6.45, 7) is 7.05. The molecule has 7 aliphatic rings. The van der Waals surface area contributed by atoms with Crippen molar-refractivity contribution >= 4 is 17.7 Å². The second-order valence-corrected chi connectivity index (χ2v) is 28.7. The number of ether oxygens (including phenoxy) is 12. The largest absolute Gasteiger partial charge is 0.479 e. The van der Waals surface area contributed by atoms with Crippen molar-refractivity contribution in [3.8, 4) is 0 Å². The third-order valence-electron chi connectivity index (χ3n) is 21.2. The van der Waals surface area contributed by atoms with E-state index in [0.717, 1.165) is 57.8 Å². The van der Waals surface area contributed by atoms with Crippen molar-refractivity contribution < 1.29 is 153 Å². The molecular formula is C68H119NO31. The summed E-state index contributed by atoms with van der Waals surface area (Å²) in [4.78, 5) is 39.1. The molecule has 32 heteroatoms. The fourth-order valence-electron chi connectivity index (χ4n) is 14.6. The van der Waals surface area contributed by atoms with E-state index in [9.17, 15) is 96.1 Å². The van der Waals surface area contributed by atoms with Gasteiger partial charge in [0.05, 0.1) is 31.5 Å². The first-order chi connectivity index (χ1) is 47.6. The van der Waals surface area contributed by atoms with Gasteiger partial charge < -0.3 is 144 Å². The van der Waals surface area contributed by atoms with Crippen LogP contribution >= 0.6 is 0 Å². The Labute approximate surface area is 584 Å². The average Bonchev–Trinajstić information content (AvgIpc) is 0.776. The van der Waals surface area contributed by atoms with Crippen LogP contribution in [0.3, 0.4) is 0 Å². The van der Waals surface area contributed by atoms with Gasteiger partial charge in [-0.25, -0.2) is 4.79 Å². The van der Waals surface area contributed by atoms with Crippen LogP contribution in [0.4, 0.5) is 0 Å². The van der Waals surface area contributed by atoms with E-state index in [2.05, 4.69) is 19.2 Å². The quantitative estimate of drug-likeness (QED) is 0.0352. The second kappa shape index (κ2) is 41.0. The van der Waals surface area contributed by atoms with Crippen molar-refractivity contribution in [3.63, 3.8) is 0 Å². The number of aliphatic hydroxyl groups is 15. The lowest BCUT2D eigenvalue weighted by atomic mass is 9.65. The first kappa shape index (κ1) is 84.8. The van der Waals surface area contributed by atoms with Crippen molar-refractivity contribution in [3.05, 3.63) is 0 Å². The van der Waals surface area contributed by atoms with Crippen LogP contribution in [0.5, 0.6) is 0 Å². The van der Waals surface area contributed by atoms with Gasteiger partial charge in [0.15, 0.2) is 43.8 Å². The zero-order valence-corrected chi connectivity index (χ0v) is 58.5. The fraction of sp³-hybridized carbons (Fsp3) is 0.956. The molecule has 0 radical (unpaired) electrons. The molecule has 7 rings (SSSR count). The molecule has 17 N–H and O–H groups in total. The van der Waals surface area contributed by atoms with Crippen LogP contribution in [-0.4, -0.2) is 310 Å². The summed E-state index contributed by atoms with van der Waals surface area (Å²) in [5.41, 5.74) is -0.365. The van der Waals surface area contributed by atoms with E-state index in [-0.39, 0.29) is 17.9 Å². The number of unbranched alkanes of at least 4 members (excludes halogenated alkanes) is 6. The van der Waals surface area contributed by atoms with Gasteiger partial charge >= 0.3 is 5.97 Å². The van der Waals surface area contributed by atoms with Gasteiger partial charge in [-0.1, -0.05) is 104 Å². The minimum atomic E-state index is -2.23. The molecule has 7 fully saturated rings. The molecule has 6 saturated heterocycles. The minimum Gasteiger partial charge on any atom is -0.479 e.